The van der Waals surface area contributed by atoms with Gasteiger partial charge < -0.3 is 0 Å². The second-order valence-corrected chi connectivity index (χ2v) is 4.32. The lowest BCUT2D eigenvalue weighted by molar-refractivity contribution is -0.259. The molecule has 0 aliphatic carbocycles. The van der Waals surface area contributed by atoms with Crippen molar-refractivity contribution in [2.24, 2.45) is 5.92 Å². The molecule has 94 valence electrons. The Morgan fingerprint density at radius 1 is 1.00 bits per heavy atom. The first kappa shape index (κ1) is 14.9. The molecule has 0 saturated heterocycles. The van der Waals surface area contributed by atoms with Gasteiger partial charge in [-0.15, -0.1) is 0 Å². The molecular weight excluding hydrogens is 208 g/mol. The number of rotatable bonds is 7. The topological polar surface area (TPSA) is 52.6 Å². The Bertz CT molecular complexity index is 211. The molecule has 0 aromatic heterocycles. The molecule has 0 radical (unpaired) electrons. The minimum atomic E-state index is -0.489. The maximum Gasteiger partial charge on any atom is 0.355 e. The maximum atomic E-state index is 11.1. The Kier molecular flexibility index (Phi) is 8.58. The van der Waals surface area contributed by atoms with Crippen LogP contribution < -0.4 is 0 Å². The molecule has 4 nitrogen and oxygen atoms in total. The van der Waals surface area contributed by atoms with Crippen LogP contribution in [0.1, 0.15) is 59.3 Å². The van der Waals surface area contributed by atoms with E-state index in [1.807, 2.05) is 13.8 Å². The molecule has 0 amide bonds. The van der Waals surface area contributed by atoms with Crippen molar-refractivity contribution in [1.29, 1.82) is 0 Å². The molecule has 0 atom stereocenters. The van der Waals surface area contributed by atoms with Gasteiger partial charge in [-0.2, -0.15) is 0 Å². The summed E-state index contributed by atoms with van der Waals surface area (Å²) in [6, 6.07) is 0. The van der Waals surface area contributed by atoms with Gasteiger partial charge in [0.1, 0.15) is 0 Å². The summed E-state index contributed by atoms with van der Waals surface area (Å²) >= 11 is 0. The average molecular weight is 230 g/mol. The second-order valence-electron chi connectivity index (χ2n) is 4.32. The molecule has 0 unspecified atom stereocenters. The van der Waals surface area contributed by atoms with Gasteiger partial charge in [-0.25, -0.2) is 19.4 Å². The van der Waals surface area contributed by atoms with Gasteiger partial charge in [0.2, 0.25) is 0 Å². The predicted octanol–water partition coefficient (Wildman–Crippen LogP) is 3.00. The summed E-state index contributed by atoms with van der Waals surface area (Å²) in [6.07, 6.45) is 4.61. The predicted molar refractivity (Wildman–Crippen MR) is 60.4 cm³/mol. The van der Waals surface area contributed by atoms with Crippen LogP contribution in [-0.2, 0) is 19.4 Å². The molecule has 0 spiro atoms. The Labute approximate surface area is 97.2 Å². The summed E-state index contributed by atoms with van der Waals surface area (Å²) in [7, 11) is 0. The van der Waals surface area contributed by atoms with Crippen molar-refractivity contribution >= 4 is 11.9 Å². The maximum absolute atomic E-state index is 11.1. The first-order valence-electron chi connectivity index (χ1n) is 5.96. The molecule has 0 heterocycles. The zero-order chi connectivity index (χ0) is 12.4. The monoisotopic (exact) mass is 230 g/mol. The van der Waals surface area contributed by atoms with Crippen molar-refractivity contribution in [2.45, 2.75) is 59.3 Å². The van der Waals surface area contributed by atoms with Crippen molar-refractivity contribution in [3.05, 3.63) is 0 Å². The number of unbranched alkanes of at least 4 members (excludes halogenated alkanes) is 3. The fourth-order valence-corrected chi connectivity index (χ4v) is 1.20. The van der Waals surface area contributed by atoms with Crippen LogP contribution in [-0.4, -0.2) is 11.9 Å². The summed E-state index contributed by atoms with van der Waals surface area (Å²) in [5.41, 5.74) is 0. The van der Waals surface area contributed by atoms with Crippen LogP contribution in [0.4, 0.5) is 0 Å². The lowest BCUT2D eigenvalue weighted by Gasteiger charge is -2.04. The van der Waals surface area contributed by atoms with Gasteiger partial charge in [0, 0.05) is 0 Å². The van der Waals surface area contributed by atoms with Crippen LogP contribution in [0.3, 0.4) is 0 Å². The highest BCUT2D eigenvalue weighted by Gasteiger charge is 2.10. The normalized spacial score (nSPS) is 10.2. The SMILES string of the molecule is CCCCCCC(=O)OOC(=O)CC(C)C. The largest absolute Gasteiger partial charge is 0.355 e. The molecule has 0 N–H and O–H groups in total. The molecule has 0 aromatic carbocycles. The van der Waals surface area contributed by atoms with E-state index in [9.17, 15) is 9.59 Å². The van der Waals surface area contributed by atoms with E-state index in [0.29, 0.717) is 6.42 Å². The number of hydrogen-bond donors (Lipinski definition) is 0. The van der Waals surface area contributed by atoms with Gasteiger partial charge in [-0.3, -0.25) is 0 Å². The summed E-state index contributed by atoms with van der Waals surface area (Å²) in [6.45, 7) is 5.90. The Balaban J connectivity index is 3.46. The lowest BCUT2D eigenvalue weighted by atomic mass is 10.1. The van der Waals surface area contributed by atoms with Crippen LogP contribution in [0.25, 0.3) is 0 Å². The zero-order valence-electron chi connectivity index (χ0n) is 10.5. The van der Waals surface area contributed by atoms with E-state index in [4.69, 9.17) is 0 Å². The summed E-state index contributed by atoms with van der Waals surface area (Å²) in [4.78, 5) is 30.9. The minimum Gasteiger partial charge on any atom is -0.247 e. The van der Waals surface area contributed by atoms with Gasteiger partial charge in [0.05, 0.1) is 12.8 Å². The smallest absolute Gasteiger partial charge is 0.247 e. The summed E-state index contributed by atoms with van der Waals surface area (Å²) in [5.74, 6) is -0.749. The standard InChI is InChI=1S/C12H22O4/c1-4-5-6-7-8-11(13)15-16-12(14)9-10(2)3/h10H,4-9H2,1-3H3. The van der Waals surface area contributed by atoms with Crippen LogP contribution in [0.15, 0.2) is 0 Å². The van der Waals surface area contributed by atoms with E-state index in [1.165, 1.54) is 0 Å². The average Bonchev–Trinajstić information content (AvgIpc) is 2.20. The zero-order valence-corrected chi connectivity index (χ0v) is 10.5. The Morgan fingerprint density at radius 2 is 1.62 bits per heavy atom. The van der Waals surface area contributed by atoms with E-state index in [2.05, 4.69) is 16.7 Å². The quantitative estimate of drug-likeness (QED) is 0.383. The Hall–Kier alpha value is -1.06. The van der Waals surface area contributed by atoms with E-state index >= 15 is 0 Å². The molecule has 4 heteroatoms. The first-order valence-corrected chi connectivity index (χ1v) is 5.96. The minimum absolute atomic E-state index is 0.204. The van der Waals surface area contributed by atoms with Crippen molar-refractivity contribution in [2.75, 3.05) is 0 Å². The van der Waals surface area contributed by atoms with Crippen molar-refractivity contribution in [3.8, 4) is 0 Å². The molecule has 0 aliphatic rings. The molecule has 0 bridgehead atoms. The molecule has 0 aromatic rings. The molecule has 0 fully saturated rings. The van der Waals surface area contributed by atoms with Crippen molar-refractivity contribution in [1.82, 2.24) is 0 Å². The van der Waals surface area contributed by atoms with Gasteiger partial charge in [-0.1, -0.05) is 40.0 Å². The summed E-state index contributed by atoms with van der Waals surface area (Å²) < 4.78 is 0. The highest BCUT2D eigenvalue weighted by atomic mass is 17.2. The highest BCUT2D eigenvalue weighted by Crippen LogP contribution is 2.05. The molecule has 0 saturated carbocycles. The third-order valence-corrected chi connectivity index (χ3v) is 2.04. The second kappa shape index (κ2) is 9.19. The Morgan fingerprint density at radius 3 is 2.19 bits per heavy atom. The number of carbonyl (C=O) groups is 2. The van der Waals surface area contributed by atoms with Crippen LogP contribution in [0.2, 0.25) is 0 Å². The van der Waals surface area contributed by atoms with Gasteiger partial charge in [0.15, 0.2) is 0 Å². The van der Waals surface area contributed by atoms with Gasteiger partial charge >= 0.3 is 11.9 Å². The molecular formula is C12H22O4. The van der Waals surface area contributed by atoms with Crippen LogP contribution in [0, 0.1) is 5.92 Å². The van der Waals surface area contributed by atoms with Crippen LogP contribution >= 0.6 is 0 Å². The van der Waals surface area contributed by atoms with Gasteiger partial charge in [-0.05, 0) is 12.3 Å². The first-order chi connectivity index (χ1) is 7.56. The van der Waals surface area contributed by atoms with E-state index in [-0.39, 0.29) is 12.3 Å². The molecule has 16 heavy (non-hydrogen) atoms. The van der Waals surface area contributed by atoms with E-state index in [0.717, 1.165) is 25.7 Å². The van der Waals surface area contributed by atoms with Gasteiger partial charge in [0.25, 0.3) is 0 Å². The van der Waals surface area contributed by atoms with Crippen molar-refractivity contribution in [3.63, 3.8) is 0 Å². The van der Waals surface area contributed by atoms with Crippen LogP contribution in [0.5, 0.6) is 0 Å². The van der Waals surface area contributed by atoms with E-state index < -0.39 is 11.9 Å². The van der Waals surface area contributed by atoms with E-state index in [1.54, 1.807) is 0 Å². The van der Waals surface area contributed by atoms with Crippen molar-refractivity contribution < 1.29 is 19.4 Å². The third kappa shape index (κ3) is 9.49. The fraction of sp³-hybridized carbons (Fsp3) is 0.833. The number of hydrogen-bond acceptors (Lipinski definition) is 4. The lowest BCUT2D eigenvalue weighted by Crippen LogP contribution is -2.12. The third-order valence-electron chi connectivity index (χ3n) is 2.04. The molecule has 0 aliphatic heterocycles. The highest BCUT2D eigenvalue weighted by molar-refractivity contribution is 5.72. The molecule has 0 rings (SSSR count). The fourth-order valence-electron chi connectivity index (χ4n) is 1.20. The summed E-state index contributed by atoms with van der Waals surface area (Å²) in [5, 5.41) is 0. The number of carbonyl (C=O) groups excluding carboxylic acids is 2.